The lowest BCUT2D eigenvalue weighted by Crippen LogP contribution is -1.93. The van der Waals surface area contributed by atoms with Crippen molar-refractivity contribution in [1.29, 1.82) is 0 Å². The van der Waals surface area contributed by atoms with Crippen LogP contribution in [-0.4, -0.2) is 24.2 Å². The Bertz CT molecular complexity index is 663. The van der Waals surface area contributed by atoms with Gasteiger partial charge in [0.25, 0.3) is 0 Å². The molecule has 0 saturated carbocycles. The molecule has 18 heavy (non-hydrogen) atoms. The van der Waals surface area contributed by atoms with Gasteiger partial charge in [0.1, 0.15) is 0 Å². The van der Waals surface area contributed by atoms with E-state index in [4.69, 9.17) is 9.47 Å². The van der Waals surface area contributed by atoms with E-state index < -0.39 is 0 Å². The molecule has 90 valence electrons. The third kappa shape index (κ3) is 1.62. The Morgan fingerprint density at radius 1 is 0.722 bits per heavy atom. The molecule has 2 aromatic carbocycles. The Hall–Kier alpha value is -2.36. The first kappa shape index (κ1) is 10.8. The number of hydrogen-bond acceptors (Lipinski definition) is 4. The monoisotopic (exact) mass is 240 g/mol. The molecule has 0 amide bonds. The fraction of sp³-hybridized carbons (Fsp3) is 0.143. The van der Waals surface area contributed by atoms with Gasteiger partial charge in [-0.2, -0.15) is 0 Å². The van der Waals surface area contributed by atoms with E-state index in [-0.39, 0.29) is 0 Å². The minimum absolute atomic E-state index is 0.662. The van der Waals surface area contributed by atoms with Gasteiger partial charge in [-0.05, 0) is 12.1 Å². The van der Waals surface area contributed by atoms with Crippen LogP contribution in [0, 0.1) is 0 Å². The molecule has 4 heteroatoms. The van der Waals surface area contributed by atoms with Gasteiger partial charge in [-0.15, -0.1) is 0 Å². The minimum atomic E-state index is 0.662. The van der Waals surface area contributed by atoms with Crippen molar-refractivity contribution in [2.45, 2.75) is 0 Å². The molecule has 0 aliphatic heterocycles. The number of nitrogens with zero attached hydrogens (tertiary/aromatic N) is 2. The van der Waals surface area contributed by atoms with Crippen LogP contribution in [0.4, 0.5) is 0 Å². The summed E-state index contributed by atoms with van der Waals surface area (Å²) >= 11 is 0. The highest BCUT2D eigenvalue weighted by atomic mass is 16.5. The smallest absolute Gasteiger partial charge is 0.163 e. The van der Waals surface area contributed by atoms with Gasteiger partial charge in [-0.3, -0.25) is 0 Å². The van der Waals surface area contributed by atoms with Crippen molar-refractivity contribution in [1.82, 2.24) is 9.97 Å². The number of fused-ring (bicyclic) bond motifs is 2. The predicted molar refractivity (Wildman–Crippen MR) is 70.1 cm³/mol. The summed E-state index contributed by atoms with van der Waals surface area (Å²) in [5.74, 6) is 1.32. The van der Waals surface area contributed by atoms with Gasteiger partial charge < -0.3 is 9.47 Å². The molecule has 0 radical (unpaired) electrons. The van der Waals surface area contributed by atoms with Crippen LogP contribution in [0.25, 0.3) is 22.1 Å². The third-order valence-corrected chi connectivity index (χ3v) is 2.84. The van der Waals surface area contributed by atoms with E-state index in [0.717, 1.165) is 22.1 Å². The molecule has 0 spiro atoms. The Balaban J connectivity index is 2.36. The largest absolute Gasteiger partial charge is 0.493 e. The van der Waals surface area contributed by atoms with E-state index in [1.807, 2.05) is 36.4 Å². The van der Waals surface area contributed by atoms with Crippen molar-refractivity contribution in [2.75, 3.05) is 14.2 Å². The molecule has 1 aromatic heterocycles. The molecule has 1 heterocycles. The first-order chi connectivity index (χ1) is 8.81. The summed E-state index contributed by atoms with van der Waals surface area (Å²) in [5.41, 5.74) is 3.34. The molecule has 4 nitrogen and oxygen atoms in total. The number of rotatable bonds is 2. The molecule has 0 fully saturated rings. The molecule has 0 unspecified atom stereocenters. The Labute approximate surface area is 104 Å². The van der Waals surface area contributed by atoms with E-state index >= 15 is 0 Å². The summed E-state index contributed by atoms with van der Waals surface area (Å²) in [6.07, 6.45) is 0. The zero-order chi connectivity index (χ0) is 12.5. The van der Waals surface area contributed by atoms with Crippen molar-refractivity contribution in [2.24, 2.45) is 0 Å². The van der Waals surface area contributed by atoms with Crippen molar-refractivity contribution < 1.29 is 9.47 Å². The van der Waals surface area contributed by atoms with Crippen molar-refractivity contribution >= 4 is 22.1 Å². The number of hydrogen-bond donors (Lipinski definition) is 0. The summed E-state index contributed by atoms with van der Waals surface area (Å²) in [5, 5.41) is 0. The molecular formula is C14H12N2O2. The van der Waals surface area contributed by atoms with Crippen LogP contribution in [0.3, 0.4) is 0 Å². The fourth-order valence-corrected chi connectivity index (χ4v) is 1.95. The average Bonchev–Trinajstić information content (AvgIpc) is 2.43. The van der Waals surface area contributed by atoms with E-state index in [1.54, 1.807) is 14.2 Å². The second-order valence-electron chi connectivity index (χ2n) is 3.91. The van der Waals surface area contributed by atoms with Gasteiger partial charge in [0.05, 0.1) is 36.3 Å². The Morgan fingerprint density at radius 3 is 1.56 bits per heavy atom. The number of aromatic nitrogens is 2. The molecule has 3 rings (SSSR count). The van der Waals surface area contributed by atoms with E-state index in [1.165, 1.54) is 0 Å². The van der Waals surface area contributed by atoms with Crippen LogP contribution < -0.4 is 9.47 Å². The summed E-state index contributed by atoms with van der Waals surface area (Å²) < 4.78 is 10.5. The summed E-state index contributed by atoms with van der Waals surface area (Å²) in [4.78, 5) is 9.13. The number of benzene rings is 2. The lowest BCUT2D eigenvalue weighted by Gasteiger charge is -2.08. The molecule has 0 aliphatic carbocycles. The quantitative estimate of drug-likeness (QED) is 0.646. The normalized spacial score (nSPS) is 10.8. The van der Waals surface area contributed by atoms with Gasteiger partial charge >= 0.3 is 0 Å². The SMILES string of the molecule is COc1cc2nc3ccccc3nc2cc1OC. The van der Waals surface area contributed by atoms with Crippen molar-refractivity contribution in [3.8, 4) is 11.5 Å². The number of methoxy groups -OCH3 is 2. The maximum Gasteiger partial charge on any atom is 0.163 e. The highest BCUT2D eigenvalue weighted by Gasteiger charge is 2.08. The zero-order valence-corrected chi connectivity index (χ0v) is 10.2. The lowest BCUT2D eigenvalue weighted by atomic mass is 10.2. The van der Waals surface area contributed by atoms with Gasteiger partial charge in [-0.1, -0.05) is 12.1 Å². The van der Waals surface area contributed by atoms with Gasteiger partial charge in [0.15, 0.2) is 11.5 Å². The zero-order valence-electron chi connectivity index (χ0n) is 10.2. The van der Waals surface area contributed by atoms with E-state index in [0.29, 0.717) is 11.5 Å². The molecule has 0 atom stereocenters. The fourth-order valence-electron chi connectivity index (χ4n) is 1.95. The van der Waals surface area contributed by atoms with Crippen LogP contribution in [0.1, 0.15) is 0 Å². The van der Waals surface area contributed by atoms with Crippen LogP contribution >= 0.6 is 0 Å². The average molecular weight is 240 g/mol. The Morgan fingerprint density at radius 2 is 1.17 bits per heavy atom. The first-order valence-corrected chi connectivity index (χ1v) is 5.60. The maximum absolute atomic E-state index is 5.26. The second-order valence-corrected chi connectivity index (χ2v) is 3.91. The topological polar surface area (TPSA) is 44.2 Å². The first-order valence-electron chi connectivity index (χ1n) is 5.60. The summed E-state index contributed by atoms with van der Waals surface area (Å²) in [6.45, 7) is 0. The van der Waals surface area contributed by atoms with Crippen molar-refractivity contribution in [3.63, 3.8) is 0 Å². The van der Waals surface area contributed by atoms with Crippen LogP contribution in [-0.2, 0) is 0 Å². The summed E-state index contributed by atoms with van der Waals surface area (Å²) in [7, 11) is 3.22. The maximum atomic E-state index is 5.26. The van der Waals surface area contributed by atoms with Crippen LogP contribution in [0.2, 0.25) is 0 Å². The Kier molecular flexibility index (Phi) is 2.48. The highest BCUT2D eigenvalue weighted by Crippen LogP contribution is 2.31. The van der Waals surface area contributed by atoms with E-state index in [2.05, 4.69) is 9.97 Å². The van der Waals surface area contributed by atoms with Crippen molar-refractivity contribution in [3.05, 3.63) is 36.4 Å². The highest BCUT2D eigenvalue weighted by molar-refractivity contribution is 5.88. The molecule has 3 aromatic rings. The molecule has 0 aliphatic rings. The van der Waals surface area contributed by atoms with Gasteiger partial charge in [0.2, 0.25) is 0 Å². The molecule has 0 N–H and O–H groups in total. The van der Waals surface area contributed by atoms with E-state index in [9.17, 15) is 0 Å². The van der Waals surface area contributed by atoms with Gasteiger partial charge in [-0.25, -0.2) is 9.97 Å². The number of ether oxygens (including phenoxy) is 2. The molecule has 0 bridgehead atoms. The second kappa shape index (κ2) is 4.14. The predicted octanol–water partition coefficient (Wildman–Crippen LogP) is 2.80. The summed E-state index contributed by atoms with van der Waals surface area (Å²) in [6, 6.07) is 11.5. The molecule has 0 saturated heterocycles. The number of para-hydroxylation sites is 2. The standard InChI is InChI=1S/C14H12N2O2/c1-17-13-7-11-12(8-14(13)18-2)16-10-6-4-3-5-9(10)15-11/h3-8H,1-2H3. The van der Waals surface area contributed by atoms with Crippen LogP contribution in [0.5, 0.6) is 11.5 Å². The van der Waals surface area contributed by atoms with Crippen LogP contribution in [0.15, 0.2) is 36.4 Å². The van der Waals surface area contributed by atoms with Gasteiger partial charge in [0, 0.05) is 12.1 Å². The lowest BCUT2D eigenvalue weighted by molar-refractivity contribution is 0.355. The molecular weight excluding hydrogens is 228 g/mol. The third-order valence-electron chi connectivity index (χ3n) is 2.84. The minimum Gasteiger partial charge on any atom is -0.493 e.